The first-order valence-electron chi connectivity index (χ1n) is 5.89. The molecule has 1 heterocycles. The van der Waals surface area contributed by atoms with Crippen LogP contribution in [-0.4, -0.2) is 6.54 Å². The van der Waals surface area contributed by atoms with Gasteiger partial charge in [-0.15, -0.1) is 0 Å². The average Bonchev–Trinajstić information content (AvgIpc) is 2.85. The summed E-state index contributed by atoms with van der Waals surface area (Å²) in [5.74, 6) is 0. The highest BCUT2D eigenvalue weighted by Gasteiger charge is 2.21. The van der Waals surface area contributed by atoms with Crippen LogP contribution in [0.4, 0.5) is 0 Å². The predicted molar refractivity (Wildman–Crippen MR) is 63.5 cm³/mol. The lowest BCUT2D eigenvalue weighted by atomic mass is 10.00. The number of fused-ring (bicyclic) bond motifs is 1. The van der Waals surface area contributed by atoms with E-state index in [2.05, 4.69) is 17.4 Å². The zero-order valence-corrected chi connectivity index (χ0v) is 9.61. The largest absolute Gasteiger partial charge is 0.310 e. The predicted octanol–water partition coefficient (Wildman–Crippen LogP) is 3.25. The minimum absolute atomic E-state index is 0.503. The number of nitrogens with one attached hydrogen (secondary N) is 1. The van der Waals surface area contributed by atoms with E-state index in [1.807, 2.05) is 0 Å². The summed E-state index contributed by atoms with van der Waals surface area (Å²) >= 11 is 6.35. The second-order valence-corrected chi connectivity index (χ2v) is 5.05. The lowest BCUT2D eigenvalue weighted by Gasteiger charge is -2.14. The average molecular weight is 222 g/mol. The molecule has 1 N–H and O–H groups in total. The molecule has 1 nitrogen and oxygen atoms in total. The second kappa shape index (κ2) is 3.80. The number of aryl methyl sites for hydroxylation is 2. The Morgan fingerprint density at radius 3 is 2.67 bits per heavy atom. The zero-order valence-electron chi connectivity index (χ0n) is 8.85. The van der Waals surface area contributed by atoms with Crippen LogP contribution in [0.1, 0.15) is 42.0 Å². The molecule has 0 bridgehead atoms. The molecule has 0 radical (unpaired) electrons. The molecule has 0 spiro atoms. The van der Waals surface area contributed by atoms with E-state index >= 15 is 0 Å². The molecule has 1 aliphatic heterocycles. The standard InChI is InChI=1S/C13H16ClN/c14-12-8-10-4-1-3-9(10)7-11(12)13-5-2-6-15-13/h7-8,13,15H,1-6H2/t13-/m1/s1. The van der Waals surface area contributed by atoms with Crippen molar-refractivity contribution in [2.45, 2.75) is 38.1 Å². The molecule has 1 aromatic rings. The van der Waals surface area contributed by atoms with Crippen LogP contribution in [-0.2, 0) is 12.8 Å². The summed E-state index contributed by atoms with van der Waals surface area (Å²) in [6.07, 6.45) is 6.27. The third-order valence-corrected chi connectivity index (χ3v) is 3.97. The van der Waals surface area contributed by atoms with Crippen molar-refractivity contribution in [2.24, 2.45) is 0 Å². The smallest absolute Gasteiger partial charge is 0.0456 e. The van der Waals surface area contributed by atoms with Crippen LogP contribution in [0, 0.1) is 0 Å². The molecule has 2 heteroatoms. The van der Waals surface area contributed by atoms with E-state index in [1.165, 1.54) is 48.8 Å². The fourth-order valence-corrected chi connectivity index (χ4v) is 3.15. The summed E-state index contributed by atoms with van der Waals surface area (Å²) in [5.41, 5.74) is 4.33. The van der Waals surface area contributed by atoms with Gasteiger partial charge < -0.3 is 5.32 Å². The van der Waals surface area contributed by atoms with Gasteiger partial charge in [0.1, 0.15) is 0 Å². The van der Waals surface area contributed by atoms with Crippen LogP contribution in [0.15, 0.2) is 12.1 Å². The van der Waals surface area contributed by atoms with Gasteiger partial charge in [0.2, 0.25) is 0 Å². The van der Waals surface area contributed by atoms with Crippen molar-refractivity contribution in [3.05, 3.63) is 33.8 Å². The molecule has 1 aliphatic carbocycles. The van der Waals surface area contributed by atoms with Crippen molar-refractivity contribution < 1.29 is 0 Å². The highest BCUT2D eigenvalue weighted by molar-refractivity contribution is 6.31. The van der Waals surface area contributed by atoms with Gasteiger partial charge in [-0.3, -0.25) is 0 Å². The Labute approximate surface area is 95.8 Å². The van der Waals surface area contributed by atoms with Crippen LogP contribution in [0.2, 0.25) is 5.02 Å². The molecule has 2 aliphatic rings. The first-order chi connectivity index (χ1) is 7.34. The minimum atomic E-state index is 0.503. The van der Waals surface area contributed by atoms with Crippen molar-refractivity contribution in [3.8, 4) is 0 Å². The van der Waals surface area contributed by atoms with Gasteiger partial charge in [-0.25, -0.2) is 0 Å². The topological polar surface area (TPSA) is 12.0 Å². The summed E-state index contributed by atoms with van der Waals surface area (Å²) in [4.78, 5) is 0. The highest BCUT2D eigenvalue weighted by atomic mass is 35.5. The van der Waals surface area contributed by atoms with E-state index in [9.17, 15) is 0 Å². The normalized spacial score (nSPS) is 24.5. The van der Waals surface area contributed by atoms with Crippen molar-refractivity contribution >= 4 is 11.6 Å². The summed E-state index contributed by atoms with van der Waals surface area (Å²) in [7, 11) is 0. The van der Waals surface area contributed by atoms with Gasteiger partial charge in [0, 0.05) is 11.1 Å². The molecule has 80 valence electrons. The van der Waals surface area contributed by atoms with Gasteiger partial charge in [-0.2, -0.15) is 0 Å². The fraction of sp³-hybridized carbons (Fsp3) is 0.538. The third kappa shape index (κ3) is 1.68. The van der Waals surface area contributed by atoms with Gasteiger partial charge in [0.05, 0.1) is 0 Å². The van der Waals surface area contributed by atoms with E-state index in [0.29, 0.717) is 6.04 Å². The lowest BCUT2D eigenvalue weighted by Crippen LogP contribution is -2.13. The summed E-state index contributed by atoms with van der Waals surface area (Å²) in [6.45, 7) is 1.14. The van der Waals surface area contributed by atoms with Gasteiger partial charge in [0.25, 0.3) is 0 Å². The van der Waals surface area contributed by atoms with Gasteiger partial charge in [-0.1, -0.05) is 17.7 Å². The molecule has 1 aromatic carbocycles. The summed E-state index contributed by atoms with van der Waals surface area (Å²) < 4.78 is 0. The molecule has 0 saturated carbocycles. The van der Waals surface area contributed by atoms with Crippen molar-refractivity contribution in [2.75, 3.05) is 6.54 Å². The quantitative estimate of drug-likeness (QED) is 0.768. The zero-order chi connectivity index (χ0) is 10.3. The fourth-order valence-electron chi connectivity index (χ4n) is 2.83. The SMILES string of the molecule is Clc1cc2c(cc1[C@H]1CCCN1)CCC2. The van der Waals surface area contributed by atoms with E-state index < -0.39 is 0 Å². The Hall–Kier alpha value is -0.530. The maximum Gasteiger partial charge on any atom is 0.0456 e. The molecule has 0 amide bonds. The number of benzene rings is 1. The Morgan fingerprint density at radius 1 is 1.13 bits per heavy atom. The molecule has 1 fully saturated rings. The van der Waals surface area contributed by atoms with Crippen molar-refractivity contribution in [1.82, 2.24) is 5.32 Å². The van der Waals surface area contributed by atoms with E-state index in [4.69, 9.17) is 11.6 Å². The molecule has 0 aromatic heterocycles. The maximum atomic E-state index is 6.35. The van der Waals surface area contributed by atoms with E-state index in [1.54, 1.807) is 0 Å². The molecular formula is C13H16ClN. The van der Waals surface area contributed by atoms with Crippen LogP contribution in [0.25, 0.3) is 0 Å². The molecule has 3 rings (SSSR count). The van der Waals surface area contributed by atoms with E-state index in [0.717, 1.165) is 11.6 Å². The maximum absolute atomic E-state index is 6.35. The minimum Gasteiger partial charge on any atom is -0.310 e. The van der Waals surface area contributed by atoms with Gasteiger partial charge in [0.15, 0.2) is 0 Å². The Morgan fingerprint density at radius 2 is 1.93 bits per heavy atom. The van der Waals surface area contributed by atoms with Gasteiger partial charge >= 0.3 is 0 Å². The van der Waals surface area contributed by atoms with Crippen LogP contribution >= 0.6 is 11.6 Å². The molecule has 15 heavy (non-hydrogen) atoms. The first-order valence-corrected chi connectivity index (χ1v) is 6.27. The molecule has 1 saturated heterocycles. The third-order valence-electron chi connectivity index (χ3n) is 3.65. The molecule has 1 atom stereocenters. The van der Waals surface area contributed by atoms with Gasteiger partial charge in [-0.05, 0) is 61.4 Å². The molecular weight excluding hydrogens is 206 g/mol. The lowest BCUT2D eigenvalue weighted by molar-refractivity contribution is 0.647. The Bertz CT molecular complexity index is 380. The molecule has 0 unspecified atom stereocenters. The van der Waals surface area contributed by atoms with E-state index in [-0.39, 0.29) is 0 Å². The number of hydrogen-bond acceptors (Lipinski definition) is 1. The Kier molecular flexibility index (Phi) is 2.45. The van der Waals surface area contributed by atoms with Crippen molar-refractivity contribution in [3.63, 3.8) is 0 Å². The summed E-state index contributed by atoms with van der Waals surface area (Å²) in [5, 5.41) is 4.49. The second-order valence-electron chi connectivity index (χ2n) is 4.64. The van der Waals surface area contributed by atoms with Crippen LogP contribution < -0.4 is 5.32 Å². The number of halogens is 1. The Balaban J connectivity index is 2.00. The van der Waals surface area contributed by atoms with Crippen LogP contribution in [0.5, 0.6) is 0 Å². The highest BCUT2D eigenvalue weighted by Crippen LogP contribution is 2.34. The summed E-state index contributed by atoms with van der Waals surface area (Å²) in [6, 6.07) is 5.04. The number of rotatable bonds is 1. The van der Waals surface area contributed by atoms with Crippen molar-refractivity contribution in [1.29, 1.82) is 0 Å². The first kappa shape index (κ1) is 9.68. The number of hydrogen-bond donors (Lipinski definition) is 1. The monoisotopic (exact) mass is 221 g/mol. The van der Waals surface area contributed by atoms with Crippen LogP contribution in [0.3, 0.4) is 0 Å².